The summed E-state index contributed by atoms with van der Waals surface area (Å²) >= 11 is 0. The molecule has 2 heterocycles. The van der Waals surface area contributed by atoms with E-state index in [2.05, 4.69) is 5.10 Å². The van der Waals surface area contributed by atoms with Crippen molar-refractivity contribution in [3.63, 3.8) is 0 Å². The van der Waals surface area contributed by atoms with Gasteiger partial charge in [-0.3, -0.25) is 4.68 Å². The summed E-state index contributed by atoms with van der Waals surface area (Å²) in [7, 11) is 0. The number of carboxylic acids is 1. The summed E-state index contributed by atoms with van der Waals surface area (Å²) in [6.07, 6.45) is 0. The van der Waals surface area contributed by atoms with Crippen LogP contribution in [0.4, 0.5) is 0 Å². The van der Waals surface area contributed by atoms with Gasteiger partial charge in [-0.2, -0.15) is 5.10 Å². The van der Waals surface area contributed by atoms with E-state index in [1.807, 2.05) is 18.2 Å². The molecule has 2 aromatic rings. The van der Waals surface area contributed by atoms with Gasteiger partial charge in [0, 0.05) is 17.8 Å². The molecule has 0 amide bonds. The minimum Gasteiger partial charge on any atom is -0.476 e. The predicted molar refractivity (Wildman–Crippen MR) is 61.0 cm³/mol. The third-order valence-electron chi connectivity index (χ3n) is 3.00. The SMILES string of the molecule is O=C(O)c1nn(CC2COC2)c2ccccc12. The second kappa shape index (κ2) is 3.85. The number of carbonyl (C=O) groups is 1. The van der Waals surface area contributed by atoms with Crippen molar-refractivity contribution in [2.45, 2.75) is 6.54 Å². The molecule has 0 unspecified atom stereocenters. The van der Waals surface area contributed by atoms with Crippen LogP contribution in [0.1, 0.15) is 10.5 Å². The minimum absolute atomic E-state index is 0.126. The highest BCUT2D eigenvalue weighted by molar-refractivity contribution is 6.01. The lowest BCUT2D eigenvalue weighted by atomic mass is 10.1. The maximum atomic E-state index is 11.1. The van der Waals surface area contributed by atoms with Crippen LogP contribution in [0.2, 0.25) is 0 Å². The van der Waals surface area contributed by atoms with E-state index in [0.29, 0.717) is 17.8 Å². The third kappa shape index (κ3) is 1.68. The van der Waals surface area contributed by atoms with Crippen LogP contribution in [-0.2, 0) is 11.3 Å². The van der Waals surface area contributed by atoms with Crippen molar-refractivity contribution < 1.29 is 14.6 Å². The number of carboxylic acid groups (broad SMARTS) is 1. The van der Waals surface area contributed by atoms with E-state index in [1.165, 1.54) is 0 Å². The molecule has 1 N–H and O–H groups in total. The molecular weight excluding hydrogens is 220 g/mol. The Labute approximate surface area is 97.6 Å². The van der Waals surface area contributed by atoms with Gasteiger partial charge in [0.25, 0.3) is 0 Å². The smallest absolute Gasteiger partial charge is 0.357 e. The fourth-order valence-electron chi connectivity index (χ4n) is 2.06. The largest absolute Gasteiger partial charge is 0.476 e. The van der Waals surface area contributed by atoms with Gasteiger partial charge in [-0.25, -0.2) is 4.79 Å². The number of hydrogen-bond donors (Lipinski definition) is 1. The van der Waals surface area contributed by atoms with E-state index in [-0.39, 0.29) is 5.69 Å². The molecule has 0 spiro atoms. The zero-order chi connectivity index (χ0) is 11.8. The summed E-state index contributed by atoms with van der Waals surface area (Å²) in [5, 5.41) is 14.0. The van der Waals surface area contributed by atoms with Crippen molar-refractivity contribution in [2.75, 3.05) is 13.2 Å². The number of para-hydroxylation sites is 1. The normalized spacial score (nSPS) is 16.0. The summed E-state index contributed by atoms with van der Waals surface area (Å²) in [6.45, 7) is 2.18. The zero-order valence-corrected chi connectivity index (χ0v) is 9.17. The van der Waals surface area contributed by atoms with Crippen molar-refractivity contribution >= 4 is 16.9 Å². The lowest BCUT2D eigenvalue weighted by Crippen LogP contribution is -2.31. The van der Waals surface area contributed by atoms with Gasteiger partial charge in [0.05, 0.1) is 18.7 Å². The second-order valence-electron chi connectivity index (χ2n) is 4.26. The molecule has 0 aliphatic carbocycles. The van der Waals surface area contributed by atoms with Crippen LogP contribution in [0.5, 0.6) is 0 Å². The van der Waals surface area contributed by atoms with Gasteiger partial charge in [0.2, 0.25) is 0 Å². The molecular formula is C12H12N2O3. The Kier molecular flexibility index (Phi) is 2.33. The molecule has 88 valence electrons. The fourth-order valence-corrected chi connectivity index (χ4v) is 2.06. The Morgan fingerprint density at radius 1 is 1.47 bits per heavy atom. The number of aromatic nitrogens is 2. The molecule has 1 aromatic carbocycles. The first kappa shape index (κ1) is 10.3. The molecule has 1 aliphatic rings. The molecule has 0 radical (unpaired) electrons. The molecule has 1 fully saturated rings. The lowest BCUT2D eigenvalue weighted by Gasteiger charge is -2.25. The molecule has 17 heavy (non-hydrogen) atoms. The van der Waals surface area contributed by atoms with Gasteiger partial charge in [0.1, 0.15) is 0 Å². The summed E-state index contributed by atoms with van der Waals surface area (Å²) in [5.41, 5.74) is 0.998. The van der Waals surface area contributed by atoms with E-state index in [1.54, 1.807) is 10.7 Å². The first-order valence-corrected chi connectivity index (χ1v) is 5.52. The Balaban J connectivity index is 2.07. The first-order valence-electron chi connectivity index (χ1n) is 5.52. The minimum atomic E-state index is -0.982. The first-order chi connectivity index (χ1) is 8.25. The number of rotatable bonds is 3. The van der Waals surface area contributed by atoms with Gasteiger partial charge in [-0.15, -0.1) is 0 Å². The maximum Gasteiger partial charge on any atom is 0.357 e. The number of benzene rings is 1. The monoisotopic (exact) mass is 232 g/mol. The van der Waals surface area contributed by atoms with E-state index >= 15 is 0 Å². The maximum absolute atomic E-state index is 11.1. The third-order valence-corrected chi connectivity index (χ3v) is 3.00. The average molecular weight is 232 g/mol. The highest BCUT2D eigenvalue weighted by atomic mass is 16.5. The van der Waals surface area contributed by atoms with Gasteiger partial charge in [-0.05, 0) is 6.07 Å². The highest BCUT2D eigenvalue weighted by Gasteiger charge is 2.22. The van der Waals surface area contributed by atoms with Crippen LogP contribution in [-0.4, -0.2) is 34.1 Å². The Bertz CT molecular complexity index is 572. The summed E-state index contributed by atoms with van der Waals surface area (Å²) in [4.78, 5) is 11.1. The van der Waals surface area contributed by atoms with Crippen molar-refractivity contribution in [3.8, 4) is 0 Å². The van der Waals surface area contributed by atoms with Crippen LogP contribution >= 0.6 is 0 Å². The van der Waals surface area contributed by atoms with Gasteiger partial charge in [0.15, 0.2) is 5.69 Å². The van der Waals surface area contributed by atoms with E-state index in [0.717, 1.165) is 18.7 Å². The highest BCUT2D eigenvalue weighted by Crippen LogP contribution is 2.21. The molecule has 1 aromatic heterocycles. The molecule has 1 saturated heterocycles. The number of ether oxygens (including phenoxy) is 1. The molecule has 0 bridgehead atoms. The summed E-state index contributed by atoms with van der Waals surface area (Å²) in [6, 6.07) is 7.41. The van der Waals surface area contributed by atoms with Crippen molar-refractivity contribution in [1.29, 1.82) is 0 Å². The quantitative estimate of drug-likeness (QED) is 0.868. The van der Waals surface area contributed by atoms with Crippen molar-refractivity contribution in [2.24, 2.45) is 5.92 Å². The molecule has 0 atom stereocenters. The van der Waals surface area contributed by atoms with Crippen LogP contribution in [0.25, 0.3) is 10.9 Å². The topological polar surface area (TPSA) is 64.3 Å². The van der Waals surface area contributed by atoms with E-state index in [4.69, 9.17) is 9.84 Å². The number of fused-ring (bicyclic) bond motifs is 1. The molecule has 3 rings (SSSR count). The van der Waals surface area contributed by atoms with Gasteiger partial charge in [-0.1, -0.05) is 18.2 Å². The average Bonchev–Trinajstić information content (AvgIpc) is 2.63. The van der Waals surface area contributed by atoms with Crippen LogP contribution < -0.4 is 0 Å². The van der Waals surface area contributed by atoms with E-state index in [9.17, 15) is 4.79 Å². The Morgan fingerprint density at radius 3 is 2.88 bits per heavy atom. The standard InChI is InChI=1S/C12H12N2O3/c15-12(16)11-9-3-1-2-4-10(9)14(13-11)5-8-6-17-7-8/h1-4,8H,5-7H2,(H,15,16). The van der Waals surface area contributed by atoms with E-state index < -0.39 is 5.97 Å². The summed E-state index contributed by atoms with van der Waals surface area (Å²) < 4.78 is 6.89. The van der Waals surface area contributed by atoms with Crippen LogP contribution in [0.3, 0.4) is 0 Å². The summed E-state index contributed by atoms with van der Waals surface area (Å²) in [5.74, 6) is -0.537. The molecule has 0 saturated carbocycles. The van der Waals surface area contributed by atoms with Crippen LogP contribution in [0, 0.1) is 5.92 Å². The predicted octanol–water partition coefficient (Wildman–Crippen LogP) is 1.38. The second-order valence-corrected chi connectivity index (χ2v) is 4.26. The Hall–Kier alpha value is -1.88. The van der Waals surface area contributed by atoms with Crippen LogP contribution in [0.15, 0.2) is 24.3 Å². The van der Waals surface area contributed by atoms with Crippen molar-refractivity contribution in [3.05, 3.63) is 30.0 Å². The van der Waals surface area contributed by atoms with Gasteiger partial charge < -0.3 is 9.84 Å². The molecule has 5 heteroatoms. The molecule has 5 nitrogen and oxygen atoms in total. The lowest BCUT2D eigenvalue weighted by molar-refractivity contribution is -0.0403. The molecule has 1 aliphatic heterocycles. The van der Waals surface area contributed by atoms with Crippen molar-refractivity contribution in [1.82, 2.24) is 9.78 Å². The number of hydrogen-bond acceptors (Lipinski definition) is 3. The number of nitrogens with zero attached hydrogens (tertiary/aromatic N) is 2. The van der Waals surface area contributed by atoms with Gasteiger partial charge >= 0.3 is 5.97 Å². The number of aromatic carboxylic acids is 1. The zero-order valence-electron chi connectivity index (χ0n) is 9.17. The fraction of sp³-hybridized carbons (Fsp3) is 0.333. The Morgan fingerprint density at radius 2 is 2.24 bits per heavy atom.